The van der Waals surface area contributed by atoms with Crippen molar-refractivity contribution >= 4 is 41.4 Å². The van der Waals surface area contributed by atoms with E-state index < -0.39 is 66.8 Å². The van der Waals surface area contributed by atoms with Crippen LogP contribution < -0.4 is 27.4 Å². The van der Waals surface area contributed by atoms with Gasteiger partial charge in [-0.05, 0) is 30.8 Å². The summed E-state index contributed by atoms with van der Waals surface area (Å²) < 4.78 is 0. The first-order chi connectivity index (χ1) is 14.4. The van der Waals surface area contributed by atoms with E-state index in [4.69, 9.17) is 11.5 Å². The summed E-state index contributed by atoms with van der Waals surface area (Å²) in [4.78, 5) is 59.4. The number of primary amides is 1. The molecule has 0 saturated heterocycles. The lowest BCUT2D eigenvalue weighted by atomic mass is 10.0. The van der Waals surface area contributed by atoms with Crippen molar-refractivity contribution in [1.29, 1.82) is 0 Å². The minimum absolute atomic E-state index is 0.0309. The second-order valence-electron chi connectivity index (χ2n) is 7.39. The third-order valence-electron chi connectivity index (χ3n) is 4.14. The fourth-order valence-corrected chi connectivity index (χ4v) is 2.99. The molecule has 9 N–H and O–H groups in total. The van der Waals surface area contributed by atoms with Gasteiger partial charge in [-0.2, -0.15) is 11.8 Å². The first-order valence-corrected chi connectivity index (χ1v) is 11.1. The average molecular weight is 464 g/mol. The van der Waals surface area contributed by atoms with Crippen molar-refractivity contribution in [3.8, 4) is 0 Å². The van der Waals surface area contributed by atoms with Crippen LogP contribution in [0.1, 0.15) is 33.1 Å². The van der Waals surface area contributed by atoms with E-state index in [1.54, 1.807) is 6.26 Å². The first-order valence-electron chi connectivity index (χ1n) is 9.70. The molecular formula is C18H33N5O7S. The number of amides is 4. The van der Waals surface area contributed by atoms with Gasteiger partial charge in [0.1, 0.15) is 18.1 Å². The van der Waals surface area contributed by atoms with Crippen molar-refractivity contribution < 1.29 is 34.2 Å². The average Bonchev–Trinajstić information content (AvgIpc) is 2.66. The van der Waals surface area contributed by atoms with Crippen LogP contribution in [0.4, 0.5) is 0 Å². The normalized spacial score (nSPS) is 14.8. The largest absolute Gasteiger partial charge is 0.480 e. The van der Waals surface area contributed by atoms with Gasteiger partial charge in [0.05, 0.1) is 19.1 Å². The summed E-state index contributed by atoms with van der Waals surface area (Å²) >= 11 is 1.43. The smallest absolute Gasteiger partial charge is 0.326 e. The molecule has 0 bridgehead atoms. The summed E-state index contributed by atoms with van der Waals surface area (Å²) in [6.07, 6.45) is 1.76. The van der Waals surface area contributed by atoms with Gasteiger partial charge in [-0.1, -0.05) is 13.8 Å². The number of aliphatic carboxylic acids is 1. The Balaban J connectivity index is 5.23. The lowest BCUT2D eigenvalue weighted by molar-refractivity contribution is -0.142. The first kappa shape index (κ1) is 28.6. The van der Waals surface area contributed by atoms with Crippen LogP contribution in [0.25, 0.3) is 0 Å². The highest BCUT2D eigenvalue weighted by Gasteiger charge is 2.30. The van der Waals surface area contributed by atoms with Crippen LogP contribution in [-0.2, 0) is 24.0 Å². The molecule has 0 aliphatic heterocycles. The molecule has 0 aromatic heterocycles. The molecule has 0 radical (unpaired) electrons. The number of nitrogens with one attached hydrogen (secondary N) is 3. The molecule has 0 aliphatic carbocycles. The second-order valence-corrected chi connectivity index (χ2v) is 8.38. The maximum Gasteiger partial charge on any atom is 0.326 e. The Morgan fingerprint density at radius 3 is 1.90 bits per heavy atom. The van der Waals surface area contributed by atoms with Gasteiger partial charge in [-0.25, -0.2) is 4.79 Å². The zero-order chi connectivity index (χ0) is 24.1. The fraction of sp³-hybridized carbons (Fsp3) is 0.722. The monoisotopic (exact) mass is 463 g/mol. The number of nitrogens with two attached hydrogens (primary N) is 2. The Morgan fingerprint density at radius 1 is 0.935 bits per heavy atom. The fourth-order valence-electron chi connectivity index (χ4n) is 2.52. The Kier molecular flexibility index (Phi) is 13.5. The lowest BCUT2D eigenvalue weighted by Crippen LogP contribution is -2.58. The number of aliphatic hydroxyl groups is 1. The van der Waals surface area contributed by atoms with Crippen LogP contribution in [0, 0.1) is 5.92 Å². The molecule has 0 aromatic carbocycles. The van der Waals surface area contributed by atoms with E-state index in [9.17, 15) is 34.2 Å². The molecule has 0 heterocycles. The number of hydrogen-bond acceptors (Lipinski definition) is 8. The van der Waals surface area contributed by atoms with Crippen LogP contribution in [0.5, 0.6) is 0 Å². The highest BCUT2D eigenvalue weighted by atomic mass is 32.2. The maximum atomic E-state index is 12.6. The van der Waals surface area contributed by atoms with Gasteiger partial charge < -0.3 is 37.6 Å². The van der Waals surface area contributed by atoms with Crippen molar-refractivity contribution in [1.82, 2.24) is 16.0 Å². The van der Waals surface area contributed by atoms with Crippen LogP contribution in [-0.4, -0.2) is 82.6 Å². The van der Waals surface area contributed by atoms with E-state index in [-0.39, 0.29) is 18.8 Å². The third kappa shape index (κ3) is 11.5. The summed E-state index contributed by atoms with van der Waals surface area (Å²) in [5.74, 6) is -3.94. The number of hydrogen-bond donors (Lipinski definition) is 7. The second kappa shape index (κ2) is 14.6. The third-order valence-corrected chi connectivity index (χ3v) is 4.78. The van der Waals surface area contributed by atoms with Gasteiger partial charge in [0.25, 0.3) is 0 Å². The maximum absolute atomic E-state index is 12.6. The van der Waals surface area contributed by atoms with E-state index in [1.807, 2.05) is 13.8 Å². The molecule has 0 aliphatic rings. The lowest BCUT2D eigenvalue weighted by Gasteiger charge is -2.25. The van der Waals surface area contributed by atoms with Crippen molar-refractivity contribution in [2.75, 3.05) is 18.6 Å². The number of thioether (sulfide) groups is 1. The quantitative estimate of drug-likeness (QED) is 0.137. The predicted octanol–water partition coefficient (Wildman–Crippen LogP) is -2.48. The van der Waals surface area contributed by atoms with Gasteiger partial charge in [0, 0.05) is 0 Å². The Hall–Kier alpha value is -2.38. The van der Waals surface area contributed by atoms with Gasteiger partial charge in [-0.3, -0.25) is 19.2 Å². The van der Waals surface area contributed by atoms with Crippen LogP contribution >= 0.6 is 11.8 Å². The van der Waals surface area contributed by atoms with Gasteiger partial charge in [-0.15, -0.1) is 0 Å². The summed E-state index contributed by atoms with van der Waals surface area (Å²) in [6, 6.07) is -4.94. The molecule has 4 amide bonds. The Labute approximate surface area is 185 Å². The molecule has 13 heteroatoms. The molecular weight excluding hydrogens is 430 g/mol. The molecule has 12 nitrogen and oxygen atoms in total. The highest BCUT2D eigenvalue weighted by molar-refractivity contribution is 7.98. The van der Waals surface area contributed by atoms with Crippen molar-refractivity contribution in [3.05, 3.63) is 0 Å². The number of rotatable bonds is 15. The Morgan fingerprint density at radius 2 is 1.45 bits per heavy atom. The molecule has 0 rings (SSSR count). The summed E-state index contributed by atoms with van der Waals surface area (Å²) in [5.41, 5.74) is 10.5. The predicted molar refractivity (Wildman–Crippen MR) is 115 cm³/mol. The molecule has 4 atom stereocenters. The number of carboxylic acids is 1. The van der Waals surface area contributed by atoms with Crippen LogP contribution in [0.15, 0.2) is 0 Å². The van der Waals surface area contributed by atoms with Crippen LogP contribution in [0.3, 0.4) is 0 Å². The zero-order valence-corrected chi connectivity index (χ0v) is 18.7. The van der Waals surface area contributed by atoms with Crippen molar-refractivity contribution in [2.45, 2.75) is 57.3 Å². The summed E-state index contributed by atoms with van der Waals surface area (Å²) in [6.45, 7) is 2.83. The highest BCUT2D eigenvalue weighted by Crippen LogP contribution is 2.08. The standard InChI is InChI=1S/C18H33N5O7S/c1-9(2)6-12(16(27)21-11(18(29)30)4-5-31-3)22-17(28)13(8-24)23-15(26)10(19)7-14(20)25/h9-13,24H,4-8,19H2,1-3H3,(H2,20,25)(H,21,27)(H,22,28)(H,23,26)(H,29,30). The van der Waals surface area contributed by atoms with E-state index >= 15 is 0 Å². The summed E-state index contributed by atoms with van der Waals surface area (Å²) in [7, 11) is 0. The van der Waals surface area contributed by atoms with Gasteiger partial charge in [0.15, 0.2) is 0 Å². The number of carbonyl (C=O) groups is 5. The van der Waals surface area contributed by atoms with Crippen molar-refractivity contribution in [2.24, 2.45) is 17.4 Å². The van der Waals surface area contributed by atoms with Crippen LogP contribution in [0.2, 0.25) is 0 Å². The molecule has 0 fully saturated rings. The minimum atomic E-state index is -1.43. The number of aliphatic hydroxyl groups excluding tert-OH is 1. The SMILES string of the molecule is CSCCC(NC(=O)C(CC(C)C)NC(=O)C(CO)NC(=O)C(N)CC(N)=O)C(=O)O. The molecule has 178 valence electrons. The van der Waals surface area contributed by atoms with E-state index in [0.717, 1.165) is 0 Å². The molecule has 0 saturated carbocycles. The molecule has 31 heavy (non-hydrogen) atoms. The van der Waals surface area contributed by atoms with Gasteiger partial charge in [0.2, 0.25) is 23.6 Å². The zero-order valence-electron chi connectivity index (χ0n) is 17.9. The van der Waals surface area contributed by atoms with E-state index in [1.165, 1.54) is 11.8 Å². The van der Waals surface area contributed by atoms with E-state index in [0.29, 0.717) is 5.75 Å². The summed E-state index contributed by atoms with van der Waals surface area (Å²) in [5, 5.41) is 25.8. The molecule has 0 aromatic rings. The number of carboxylic acid groups (broad SMARTS) is 1. The molecule has 4 unspecified atom stereocenters. The van der Waals surface area contributed by atoms with Crippen molar-refractivity contribution in [3.63, 3.8) is 0 Å². The van der Waals surface area contributed by atoms with E-state index in [2.05, 4.69) is 16.0 Å². The number of carbonyl (C=O) groups excluding carboxylic acids is 4. The topological polar surface area (TPSA) is 214 Å². The minimum Gasteiger partial charge on any atom is -0.480 e. The molecule has 0 spiro atoms. The van der Waals surface area contributed by atoms with Gasteiger partial charge >= 0.3 is 5.97 Å². The Bertz CT molecular complexity index is 647.